The second-order valence-electron chi connectivity index (χ2n) is 5.61. The van der Waals surface area contributed by atoms with E-state index >= 15 is 0 Å². The zero-order valence-electron chi connectivity index (χ0n) is 13.2. The van der Waals surface area contributed by atoms with Crippen molar-refractivity contribution in [2.24, 2.45) is 0 Å². The van der Waals surface area contributed by atoms with Crippen LogP contribution in [-0.2, 0) is 11.2 Å². The smallest absolute Gasteiger partial charge is 0.236 e. The number of hydrogen-bond donors (Lipinski definition) is 2. The molecule has 4 heteroatoms. The van der Waals surface area contributed by atoms with Crippen LogP contribution in [0.3, 0.4) is 0 Å². The van der Waals surface area contributed by atoms with Crippen LogP contribution >= 0.6 is 0 Å². The van der Waals surface area contributed by atoms with Gasteiger partial charge in [0.2, 0.25) is 5.91 Å². The first-order chi connectivity index (χ1) is 10.2. The minimum atomic E-state index is -0.189. The fraction of sp³-hybridized carbons (Fsp3) is 0.588. The molecular formula is C17H26N2O2. The highest BCUT2D eigenvalue weighted by atomic mass is 16.5. The Morgan fingerprint density at radius 3 is 2.90 bits per heavy atom. The van der Waals surface area contributed by atoms with Gasteiger partial charge in [-0.2, -0.15) is 0 Å². The summed E-state index contributed by atoms with van der Waals surface area (Å²) in [6.45, 7) is 7.62. The van der Waals surface area contributed by atoms with Gasteiger partial charge in [-0.15, -0.1) is 0 Å². The summed E-state index contributed by atoms with van der Waals surface area (Å²) < 4.78 is 5.55. The summed E-state index contributed by atoms with van der Waals surface area (Å²) in [5.74, 6) is 1.07. The third-order valence-corrected chi connectivity index (χ3v) is 3.92. The maximum Gasteiger partial charge on any atom is 0.236 e. The third kappa shape index (κ3) is 3.97. The van der Waals surface area contributed by atoms with E-state index in [9.17, 15) is 4.79 Å². The molecular weight excluding hydrogens is 264 g/mol. The number of carbonyl (C=O) groups is 1. The Hall–Kier alpha value is -1.55. The average molecular weight is 290 g/mol. The summed E-state index contributed by atoms with van der Waals surface area (Å²) in [7, 11) is 0. The lowest BCUT2D eigenvalue weighted by molar-refractivity contribution is -0.122. The van der Waals surface area contributed by atoms with Gasteiger partial charge in [-0.3, -0.25) is 10.1 Å². The SMILES string of the molecule is CCCNC(=O)C(C)NC(CC)c1ccc2c(c1)CCO2. The lowest BCUT2D eigenvalue weighted by Gasteiger charge is -2.22. The molecule has 21 heavy (non-hydrogen) atoms. The molecule has 1 aromatic carbocycles. The van der Waals surface area contributed by atoms with E-state index in [1.165, 1.54) is 11.1 Å². The summed E-state index contributed by atoms with van der Waals surface area (Å²) in [6.07, 6.45) is 2.89. The third-order valence-electron chi connectivity index (χ3n) is 3.92. The van der Waals surface area contributed by atoms with Gasteiger partial charge in [-0.05, 0) is 37.0 Å². The molecule has 4 nitrogen and oxygen atoms in total. The molecule has 0 bridgehead atoms. The molecule has 0 fully saturated rings. The van der Waals surface area contributed by atoms with E-state index in [0.29, 0.717) is 0 Å². The molecule has 0 spiro atoms. The van der Waals surface area contributed by atoms with E-state index in [1.54, 1.807) is 0 Å². The molecule has 2 unspecified atom stereocenters. The van der Waals surface area contributed by atoms with E-state index in [-0.39, 0.29) is 18.0 Å². The maximum atomic E-state index is 12.0. The summed E-state index contributed by atoms with van der Waals surface area (Å²) in [6, 6.07) is 6.36. The molecule has 2 N–H and O–H groups in total. The molecule has 2 rings (SSSR count). The highest BCUT2D eigenvalue weighted by Crippen LogP contribution is 2.29. The van der Waals surface area contributed by atoms with Crippen LogP contribution in [0.25, 0.3) is 0 Å². The van der Waals surface area contributed by atoms with Crippen molar-refractivity contribution < 1.29 is 9.53 Å². The van der Waals surface area contributed by atoms with Gasteiger partial charge in [0.25, 0.3) is 0 Å². The summed E-state index contributed by atoms with van der Waals surface area (Å²) >= 11 is 0. The molecule has 1 aliphatic heterocycles. The van der Waals surface area contributed by atoms with Crippen molar-refractivity contribution in [2.75, 3.05) is 13.2 Å². The molecule has 1 aliphatic rings. The zero-order chi connectivity index (χ0) is 15.2. The van der Waals surface area contributed by atoms with Gasteiger partial charge < -0.3 is 10.1 Å². The van der Waals surface area contributed by atoms with Crippen molar-refractivity contribution in [1.82, 2.24) is 10.6 Å². The van der Waals surface area contributed by atoms with Crippen LogP contribution in [0.4, 0.5) is 0 Å². The highest BCUT2D eigenvalue weighted by Gasteiger charge is 2.20. The Morgan fingerprint density at radius 1 is 1.38 bits per heavy atom. The van der Waals surface area contributed by atoms with Crippen molar-refractivity contribution in [1.29, 1.82) is 0 Å². The van der Waals surface area contributed by atoms with Crippen LogP contribution in [0.1, 0.15) is 50.8 Å². The number of benzene rings is 1. The molecule has 0 aromatic heterocycles. The van der Waals surface area contributed by atoms with Gasteiger partial charge in [0.15, 0.2) is 0 Å². The van der Waals surface area contributed by atoms with Crippen LogP contribution in [0.5, 0.6) is 5.75 Å². The predicted octanol–water partition coefficient (Wildman–Crippen LogP) is 2.58. The Labute approximate surface area is 127 Å². The molecule has 0 saturated heterocycles. The highest BCUT2D eigenvalue weighted by molar-refractivity contribution is 5.81. The maximum absolute atomic E-state index is 12.0. The summed E-state index contributed by atoms with van der Waals surface area (Å²) in [5.41, 5.74) is 2.51. The number of nitrogens with one attached hydrogen (secondary N) is 2. The number of rotatable bonds is 7. The quantitative estimate of drug-likeness (QED) is 0.811. The van der Waals surface area contributed by atoms with Gasteiger partial charge >= 0.3 is 0 Å². The Morgan fingerprint density at radius 2 is 2.19 bits per heavy atom. The van der Waals surface area contributed by atoms with Gasteiger partial charge in [-0.1, -0.05) is 26.0 Å². The van der Waals surface area contributed by atoms with Gasteiger partial charge in [0.1, 0.15) is 5.75 Å². The fourth-order valence-corrected chi connectivity index (χ4v) is 2.65. The molecule has 1 heterocycles. The molecule has 0 aliphatic carbocycles. The minimum absolute atomic E-state index is 0.0693. The van der Waals surface area contributed by atoms with Gasteiger partial charge in [-0.25, -0.2) is 0 Å². The molecule has 116 valence electrons. The van der Waals surface area contributed by atoms with E-state index in [4.69, 9.17) is 4.74 Å². The number of fused-ring (bicyclic) bond motifs is 1. The van der Waals surface area contributed by atoms with Crippen LogP contribution < -0.4 is 15.4 Å². The monoisotopic (exact) mass is 290 g/mol. The number of ether oxygens (including phenoxy) is 1. The van der Waals surface area contributed by atoms with Crippen molar-refractivity contribution in [2.45, 2.75) is 52.1 Å². The number of amides is 1. The standard InChI is InChI=1S/C17H26N2O2/c1-4-9-18-17(20)12(3)19-15(5-2)13-6-7-16-14(11-13)8-10-21-16/h6-7,11-12,15,19H,4-5,8-10H2,1-3H3,(H,18,20). The van der Waals surface area contributed by atoms with E-state index in [1.807, 2.05) is 13.0 Å². The molecule has 2 atom stereocenters. The number of carbonyl (C=O) groups excluding carboxylic acids is 1. The molecule has 1 amide bonds. The Balaban J connectivity index is 2.01. The van der Waals surface area contributed by atoms with E-state index in [2.05, 4.69) is 36.6 Å². The Bertz CT molecular complexity index is 488. The molecule has 0 radical (unpaired) electrons. The van der Waals surface area contributed by atoms with Crippen LogP contribution in [-0.4, -0.2) is 25.1 Å². The minimum Gasteiger partial charge on any atom is -0.493 e. The van der Waals surface area contributed by atoms with Crippen LogP contribution in [0.2, 0.25) is 0 Å². The van der Waals surface area contributed by atoms with Crippen molar-refractivity contribution >= 4 is 5.91 Å². The first-order valence-electron chi connectivity index (χ1n) is 7.95. The Kier molecular flexibility index (Phi) is 5.62. The summed E-state index contributed by atoms with van der Waals surface area (Å²) in [5, 5.41) is 6.36. The van der Waals surface area contributed by atoms with Crippen LogP contribution in [0, 0.1) is 0 Å². The lowest BCUT2D eigenvalue weighted by Crippen LogP contribution is -2.43. The second-order valence-corrected chi connectivity index (χ2v) is 5.61. The molecule has 1 aromatic rings. The van der Waals surface area contributed by atoms with Crippen LogP contribution in [0.15, 0.2) is 18.2 Å². The normalized spacial score (nSPS) is 16.0. The lowest BCUT2D eigenvalue weighted by atomic mass is 10.00. The van der Waals surface area contributed by atoms with Gasteiger partial charge in [0.05, 0.1) is 12.6 Å². The first-order valence-corrected chi connectivity index (χ1v) is 7.95. The topological polar surface area (TPSA) is 50.4 Å². The van der Waals surface area contributed by atoms with Crippen molar-refractivity contribution in [3.05, 3.63) is 29.3 Å². The first kappa shape index (κ1) is 15.8. The van der Waals surface area contributed by atoms with Gasteiger partial charge in [0, 0.05) is 19.0 Å². The van der Waals surface area contributed by atoms with Crippen molar-refractivity contribution in [3.63, 3.8) is 0 Å². The predicted molar refractivity (Wildman–Crippen MR) is 84.6 cm³/mol. The number of hydrogen-bond acceptors (Lipinski definition) is 3. The van der Waals surface area contributed by atoms with E-state index < -0.39 is 0 Å². The molecule has 0 saturated carbocycles. The second kappa shape index (κ2) is 7.46. The average Bonchev–Trinajstić information content (AvgIpc) is 2.97. The zero-order valence-corrected chi connectivity index (χ0v) is 13.2. The van der Waals surface area contributed by atoms with Crippen molar-refractivity contribution in [3.8, 4) is 5.75 Å². The largest absolute Gasteiger partial charge is 0.493 e. The summed E-state index contributed by atoms with van der Waals surface area (Å²) in [4.78, 5) is 12.0. The van der Waals surface area contributed by atoms with E-state index in [0.717, 1.165) is 38.2 Å². The fourth-order valence-electron chi connectivity index (χ4n) is 2.65.